The van der Waals surface area contributed by atoms with Crippen LogP contribution < -0.4 is 10.5 Å². The number of nitrogens with two attached hydrogens (primary N) is 1. The van der Waals surface area contributed by atoms with Gasteiger partial charge in [0.1, 0.15) is 17.9 Å². The third kappa shape index (κ3) is 3.81. The maximum atomic E-state index is 6.20. The van der Waals surface area contributed by atoms with Crippen LogP contribution in [0.4, 0.5) is 0 Å². The summed E-state index contributed by atoms with van der Waals surface area (Å²) in [7, 11) is 1.87. The van der Waals surface area contributed by atoms with Gasteiger partial charge >= 0.3 is 0 Å². The predicted molar refractivity (Wildman–Crippen MR) is 78.5 cm³/mol. The summed E-state index contributed by atoms with van der Waals surface area (Å²) < 4.78 is 7.39. The van der Waals surface area contributed by atoms with Crippen molar-refractivity contribution in [2.24, 2.45) is 12.8 Å². The summed E-state index contributed by atoms with van der Waals surface area (Å²) in [6.07, 6.45) is 4.44. The van der Waals surface area contributed by atoms with Gasteiger partial charge in [0.15, 0.2) is 0 Å². The molecule has 0 aliphatic carbocycles. The van der Waals surface area contributed by atoms with E-state index in [0.717, 1.165) is 36.6 Å². The first-order chi connectivity index (χ1) is 9.70. The molecule has 5 heteroatoms. The van der Waals surface area contributed by atoms with Gasteiger partial charge in [0.25, 0.3) is 0 Å². The first-order valence-electron chi connectivity index (χ1n) is 7.02. The van der Waals surface area contributed by atoms with Crippen LogP contribution in [-0.2, 0) is 13.5 Å². The van der Waals surface area contributed by atoms with Gasteiger partial charge in [-0.05, 0) is 24.1 Å². The van der Waals surface area contributed by atoms with Gasteiger partial charge < -0.3 is 10.5 Å². The molecule has 2 N–H and O–H groups in total. The molecule has 1 unspecified atom stereocenters. The summed E-state index contributed by atoms with van der Waals surface area (Å²) in [6, 6.07) is 7.90. The highest BCUT2D eigenvalue weighted by Gasteiger charge is 2.10. The van der Waals surface area contributed by atoms with Crippen molar-refractivity contribution in [3.63, 3.8) is 0 Å². The van der Waals surface area contributed by atoms with E-state index in [1.165, 1.54) is 0 Å². The minimum absolute atomic E-state index is 0.0809. The van der Waals surface area contributed by atoms with Crippen molar-refractivity contribution in [1.82, 2.24) is 14.8 Å². The molecule has 1 atom stereocenters. The molecule has 0 fully saturated rings. The molecule has 20 heavy (non-hydrogen) atoms. The highest BCUT2D eigenvalue weighted by atomic mass is 16.5. The molecule has 108 valence electrons. The largest absolute Gasteiger partial charge is 0.494 e. The van der Waals surface area contributed by atoms with Gasteiger partial charge in [0, 0.05) is 19.5 Å². The van der Waals surface area contributed by atoms with Crippen LogP contribution in [0, 0.1) is 0 Å². The maximum absolute atomic E-state index is 6.20. The quantitative estimate of drug-likeness (QED) is 0.786. The number of rotatable bonds is 7. The number of aryl methyl sites for hydroxylation is 1. The van der Waals surface area contributed by atoms with Crippen LogP contribution in [-0.4, -0.2) is 21.4 Å². The summed E-state index contributed by atoms with van der Waals surface area (Å²) in [4.78, 5) is 4.20. The zero-order chi connectivity index (χ0) is 14.4. The molecular weight excluding hydrogens is 252 g/mol. The molecule has 0 aliphatic rings. The van der Waals surface area contributed by atoms with Gasteiger partial charge in [-0.15, -0.1) is 0 Å². The summed E-state index contributed by atoms with van der Waals surface area (Å²) >= 11 is 0. The third-order valence-corrected chi connectivity index (χ3v) is 3.28. The highest BCUT2D eigenvalue weighted by Crippen LogP contribution is 2.19. The second-order valence-corrected chi connectivity index (χ2v) is 4.88. The lowest BCUT2D eigenvalue weighted by molar-refractivity contribution is 0.309. The van der Waals surface area contributed by atoms with Gasteiger partial charge in [-0.25, -0.2) is 4.98 Å². The third-order valence-electron chi connectivity index (χ3n) is 3.28. The highest BCUT2D eigenvalue weighted by molar-refractivity contribution is 5.29. The average Bonchev–Trinajstić information content (AvgIpc) is 2.85. The van der Waals surface area contributed by atoms with Crippen LogP contribution in [0.3, 0.4) is 0 Å². The van der Waals surface area contributed by atoms with E-state index in [-0.39, 0.29) is 6.04 Å². The zero-order valence-electron chi connectivity index (χ0n) is 12.1. The van der Waals surface area contributed by atoms with Gasteiger partial charge in [-0.2, -0.15) is 5.10 Å². The van der Waals surface area contributed by atoms with E-state index in [2.05, 4.69) is 17.0 Å². The Morgan fingerprint density at radius 3 is 2.65 bits per heavy atom. The number of aromatic nitrogens is 3. The number of ether oxygens (including phenoxy) is 1. The van der Waals surface area contributed by atoms with Gasteiger partial charge in [0.2, 0.25) is 0 Å². The second-order valence-electron chi connectivity index (χ2n) is 4.88. The molecule has 0 spiro atoms. The van der Waals surface area contributed by atoms with Crippen molar-refractivity contribution in [2.75, 3.05) is 6.61 Å². The topological polar surface area (TPSA) is 66.0 Å². The van der Waals surface area contributed by atoms with Crippen molar-refractivity contribution in [3.05, 3.63) is 42.0 Å². The minimum Gasteiger partial charge on any atom is -0.494 e. The van der Waals surface area contributed by atoms with Crippen LogP contribution in [0.25, 0.3) is 0 Å². The Morgan fingerprint density at radius 2 is 2.05 bits per heavy atom. The zero-order valence-corrected chi connectivity index (χ0v) is 12.1. The predicted octanol–water partition coefficient (Wildman–Crippen LogP) is 2.24. The van der Waals surface area contributed by atoms with E-state index >= 15 is 0 Å². The van der Waals surface area contributed by atoms with E-state index < -0.39 is 0 Å². The normalized spacial score (nSPS) is 12.3. The van der Waals surface area contributed by atoms with Crippen molar-refractivity contribution in [3.8, 4) is 5.75 Å². The first-order valence-corrected chi connectivity index (χ1v) is 7.02. The van der Waals surface area contributed by atoms with E-state index in [9.17, 15) is 0 Å². The van der Waals surface area contributed by atoms with Gasteiger partial charge in [0.05, 0.1) is 6.61 Å². The average molecular weight is 274 g/mol. The Balaban J connectivity index is 1.93. The lowest BCUT2D eigenvalue weighted by Gasteiger charge is -2.12. The Labute approximate surface area is 119 Å². The number of benzene rings is 1. The van der Waals surface area contributed by atoms with E-state index in [1.54, 1.807) is 11.0 Å². The molecule has 0 bridgehead atoms. The van der Waals surface area contributed by atoms with Crippen LogP contribution in [0.5, 0.6) is 5.75 Å². The number of unbranched alkanes of at least 4 members (excludes halogenated alkanes) is 1. The Bertz CT molecular complexity index is 521. The summed E-state index contributed by atoms with van der Waals surface area (Å²) in [5, 5.41) is 4.05. The van der Waals surface area contributed by atoms with E-state index in [0.29, 0.717) is 6.42 Å². The minimum atomic E-state index is -0.0809. The molecule has 1 aromatic heterocycles. The molecule has 0 amide bonds. The number of hydrogen-bond acceptors (Lipinski definition) is 4. The fraction of sp³-hybridized carbons (Fsp3) is 0.467. The van der Waals surface area contributed by atoms with E-state index in [4.69, 9.17) is 10.5 Å². The molecule has 1 aromatic carbocycles. The number of nitrogens with zero attached hydrogens (tertiary/aromatic N) is 3. The number of hydrogen-bond donors (Lipinski definition) is 1. The fourth-order valence-electron chi connectivity index (χ4n) is 1.97. The molecule has 5 nitrogen and oxygen atoms in total. The summed E-state index contributed by atoms with van der Waals surface area (Å²) in [6.45, 7) is 2.92. The van der Waals surface area contributed by atoms with Crippen LogP contribution in [0.15, 0.2) is 30.6 Å². The van der Waals surface area contributed by atoms with E-state index in [1.807, 2.05) is 31.3 Å². The Kier molecular flexibility index (Phi) is 5.12. The van der Waals surface area contributed by atoms with Crippen LogP contribution in [0.2, 0.25) is 0 Å². The summed E-state index contributed by atoms with van der Waals surface area (Å²) in [5.74, 6) is 1.79. The molecule has 0 saturated heterocycles. The van der Waals surface area contributed by atoms with Crippen LogP contribution >= 0.6 is 0 Å². The smallest absolute Gasteiger partial charge is 0.138 e. The lowest BCUT2D eigenvalue weighted by atomic mass is 10.0. The van der Waals surface area contributed by atoms with Crippen molar-refractivity contribution >= 4 is 0 Å². The Hall–Kier alpha value is -1.88. The SMILES string of the molecule is CCCCOc1ccc(C(N)Cc2ncnn2C)cc1. The monoisotopic (exact) mass is 274 g/mol. The van der Waals surface area contributed by atoms with Crippen LogP contribution in [0.1, 0.15) is 37.2 Å². The van der Waals surface area contributed by atoms with Crippen molar-refractivity contribution < 1.29 is 4.74 Å². The fourth-order valence-corrected chi connectivity index (χ4v) is 1.97. The molecule has 2 rings (SSSR count). The lowest BCUT2D eigenvalue weighted by Crippen LogP contribution is -2.16. The Morgan fingerprint density at radius 1 is 1.30 bits per heavy atom. The molecular formula is C15H22N4O. The van der Waals surface area contributed by atoms with Crippen molar-refractivity contribution in [2.45, 2.75) is 32.2 Å². The second kappa shape index (κ2) is 7.05. The molecule has 0 radical (unpaired) electrons. The molecule has 1 heterocycles. The standard InChI is InChI=1S/C15H22N4O/c1-3-4-9-20-13-7-5-12(6-8-13)14(16)10-15-17-11-18-19(15)2/h5-8,11,14H,3-4,9-10,16H2,1-2H3. The van der Waals surface area contributed by atoms with Crippen molar-refractivity contribution in [1.29, 1.82) is 0 Å². The van der Waals surface area contributed by atoms with Gasteiger partial charge in [-0.3, -0.25) is 4.68 Å². The summed E-state index contributed by atoms with van der Waals surface area (Å²) in [5.41, 5.74) is 7.28. The van der Waals surface area contributed by atoms with Gasteiger partial charge in [-0.1, -0.05) is 25.5 Å². The first kappa shape index (κ1) is 14.5. The molecule has 2 aromatic rings. The molecule has 0 aliphatic heterocycles. The maximum Gasteiger partial charge on any atom is 0.138 e. The molecule has 0 saturated carbocycles.